The van der Waals surface area contributed by atoms with Gasteiger partial charge in [-0.1, -0.05) is 11.6 Å². The quantitative estimate of drug-likeness (QED) is 0.501. The minimum atomic E-state index is -0.498. The Morgan fingerprint density at radius 2 is 1.97 bits per heavy atom. The second-order valence-corrected chi connectivity index (χ2v) is 9.48. The molecule has 9 heteroatoms. The molecular formula is C22H34N2O7. The van der Waals surface area contributed by atoms with Crippen LogP contribution in [0.15, 0.2) is 11.6 Å². The highest BCUT2D eigenvalue weighted by atomic mass is 16.6. The lowest BCUT2D eigenvalue weighted by atomic mass is 9.68. The topological polar surface area (TPSA) is 102 Å². The van der Waals surface area contributed by atoms with Crippen molar-refractivity contribution in [3.8, 4) is 0 Å². The Balaban J connectivity index is 1.38. The predicted molar refractivity (Wildman–Crippen MR) is 111 cm³/mol. The average Bonchev–Trinajstić information content (AvgIpc) is 3.61. The number of nitrogens with one attached hydrogen (secondary N) is 1. The summed E-state index contributed by atoms with van der Waals surface area (Å²) in [5.74, 6) is -0.00663. The van der Waals surface area contributed by atoms with Gasteiger partial charge in [0.25, 0.3) is 0 Å². The molecule has 1 saturated carbocycles. The van der Waals surface area contributed by atoms with Gasteiger partial charge in [-0.25, -0.2) is 9.59 Å². The van der Waals surface area contributed by atoms with Gasteiger partial charge in [0, 0.05) is 14.2 Å². The van der Waals surface area contributed by atoms with Crippen LogP contribution in [-0.2, 0) is 23.7 Å². The minimum absolute atomic E-state index is 0.00663. The van der Waals surface area contributed by atoms with Gasteiger partial charge in [-0.05, 0) is 40.0 Å². The van der Waals surface area contributed by atoms with E-state index in [2.05, 4.69) is 32.2 Å². The number of methoxy groups -OCH3 is 1. The van der Waals surface area contributed by atoms with Gasteiger partial charge in [0.05, 0.1) is 31.7 Å². The van der Waals surface area contributed by atoms with Gasteiger partial charge in [-0.15, -0.1) is 0 Å². The first-order valence-electron chi connectivity index (χ1n) is 11.0. The first kappa shape index (κ1) is 22.4. The number of ether oxygens (including phenoxy) is 5. The molecule has 3 heterocycles. The summed E-state index contributed by atoms with van der Waals surface area (Å²) in [6, 6.07) is 0. The molecule has 174 valence electrons. The summed E-state index contributed by atoms with van der Waals surface area (Å²) in [5, 5.41) is 2.40. The smallest absolute Gasteiger partial charge is 0.410 e. The molecular weight excluding hydrogens is 404 g/mol. The van der Waals surface area contributed by atoms with Crippen LogP contribution in [0.1, 0.15) is 40.0 Å². The van der Waals surface area contributed by atoms with Crippen molar-refractivity contribution in [2.45, 2.75) is 75.7 Å². The van der Waals surface area contributed by atoms with Crippen LogP contribution in [0.4, 0.5) is 9.59 Å². The van der Waals surface area contributed by atoms with Gasteiger partial charge in [0.2, 0.25) is 0 Å². The fourth-order valence-electron chi connectivity index (χ4n) is 5.15. The molecule has 0 radical (unpaired) electrons. The molecule has 1 aliphatic carbocycles. The van der Waals surface area contributed by atoms with E-state index in [0.29, 0.717) is 26.1 Å². The van der Waals surface area contributed by atoms with Crippen LogP contribution in [0.25, 0.3) is 0 Å². The SMILES string of the molecule is CNC(=O)OC1CN(C(=O)O[C@@H]2CC[C@]3(CO3)C([C@@]3(C)O[C@@H]3CC=C(C)C)[C@@H]2OC)C1. The van der Waals surface area contributed by atoms with E-state index in [1.165, 1.54) is 12.6 Å². The van der Waals surface area contributed by atoms with Crippen LogP contribution in [0, 0.1) is 5.92 Å². The van der Waals surface area contributed by atoms with E-state index in [-0.39, 0.29) is 41.5 Å². The van der Waals surface area contributed by atoms with Gasteiger partial charge in [-0.2, -0.15) is 0 Å². The summed E-state index contributed by atoms with van der Waals surface area (Å²) in [6.07, 6.45) is 2.77. The lowest BCUT2D eigenvalue weighted by Gasteiger charge is -2.44. The molecule has 1 spiro atoms. The first-order chi connectivity index (χ1) is 14.7. The molecule has 4 aliphatic rings. The summed E-state index contributed by atoms with van der Waals surface area (Å²) < 4.78 is 29.0. The zero-order chi connectivity index (χ0) is 22.4. The first-order valence-corrected chi connectivity index (χ1v) is 11.0. The number of hydrogen-bond donors (Lipinski definition) is 1. The summed E-state index contributed by atoms with van der Waals surface area (Å²) in [5.41, 5.74) is 0.654. The Kier molecular flexibility index (Phi) is 5.95. The highest BCUT2D eigenvalue weighted by Crippen LogP contribution is 2.59. The third-order valence-corrected chi connectivity index (χ3v) is 7.07. The molecule has 3 saturated heterocycles. The lowest BCUT2D eigenvalue weighted by Crippen LogP contribution is -2.59. The minimum Gasteiger partial charge on any atom is -0.443 e. The molecule has 31 heavy (non-hydrogen) atoms. The van der Waals surface area contributed by atoms with E-state index in [4.69, 9.17) is 23.7 Å². The van der Waals surface area contributed by atoms with Gasteiger partial charge >= 0.3 is 12.2 Å². The maximum Gasteiger partial charge on any atom is 0.410 e. The molecule has 0 aromatic heterocycles. The zero-order valence-electron chi connectivity index (χ0n) is 19.0. The number of allylic oxidation sites excluding steroid dienone is 1. The van der Waals surface area contributed by atoms with E-state index in [0.717, 1.165) is 12.8 Å². The van der Waals surface area contributed by atoms with Crippen LogP contribution in [0.5, 0.6) is 0 Å². The molecule has 3 aliphatic heterocycles. The third kappa shape index (κ3) is 4.27. The van der Waals surface area contributed by atoms with Crippen molar-refractivity contribution in [1.82, 2.24) is 10.2 Å². The molecule has 1 unspecified atom stereocenters. The number of nitrogens with zero attached hydrogens (tertiary/aromatic N) is 1. The van der Waals surface area contributed by atoms with Gasteiger partial charge in [-0.3, -0.25) is 0 Å². The van der Waals surface area contributed by atoms with Crippen LogP contribution >= 0.6 is 0 Å². The summed E-state index contributed by atoms with van der Waals surface area (Å²) >= 11 is 0. The van der Waals surface area contributed by atoms with Gasteiger partial charge in [0.1, 0.15) is 29.5 Å². The fourth-order valence-corrected chi connectivity index (χ4v) is 5.15. The molecule has 0 aromatic rings. The van der Waals surface area contributed by atoms with Crippen molar-refractivity contribution in [1.29, 1.82) is 0 Å². The maximum absolute atomic E-state index is 12.7. The van der Waals surface area contributed by atoms with Crippen molar-refractivity contribution < 1.29 is 33.3 Å². The van der Waals surface area contributed by atoms with Crippen molar-refractivity contribution in [2.24, 2.45) is 5.92 Å². The summed E-state index contributed by atoms with van der Waals surface area (Å²) in [6.45, 7) is 7.64. The second kappa shape index (κ2) is 8.26. The number of epoxide rings is 2. The Morgan fingerprint density at radius 3 is 2.55 bits per heavy atom. The number of likely N-dealkylation sites (tertiary alicyclic amines) is 1. The van der Waals surface area contributed by atoms with Crippen molar-refractivity contribution in [3.63, 3.8) is 0 Å². The summed E-state index contributed by atoms with van der Waals surface area (Å²) in [4.78, 5) is 25.5. The molecule has 2 amide bonds. The number of carbonyl (C=O) groups is 2. The molecule has 4 fully saturated rings. The van der Waals surface area contributed by atoms with Crippen molar-refractivity contribution in [2.75, 3.05) is 33.9 Å². The van der Waals surface area contributed by atoms with Crippen LogP contribution < -0.4 is 5.32 Å². The fraction of sp³-hybridized carbons (Fsp3) is 0.818. The highest BCUT2D eigenvalue weighted by molar-refractivity contribution is 5.70. The number of amides is 2. The Labute approximate surface area is 183 Å². The molecule has 1 N–H and O–H groups in total. The van der Waals surface area contributed by atoms with Crippen LogP contribution in [0.3, 0.4) is 0 Å². The largest absolute Gasteiger partial charge is 0.443 e. The van der Waals surface area contributed by atoms with E-state index in [1.54, 1.807) is 12.0 Å². The Morgan fingerprint density at radius 1 is 1.26 bits per heavy atom. The molecule has 6 atom stereocenters. The molecule has 9 nitrogen and oxygen atoms in total. The monoisotopic (exact) mass is 438 g/mol. The van der Waals surface area contributed by atoms with Gasteiger partial charge < -0.3 is 33.9 Å². The number of alkyl carbamates (subject to hydrolysis) is 1. The Hall–Kier alpha value is -1.84. The zero-order valence-corrected chi connectivity index (χ0v) is 19.0. The van der Waals surface area contributed by atoms with E-state index in [1.807, 2.05) is 0 Å². The van der Waals surface area contributed by atoms with Crippen molar-refractivity contribution >= 4 is 12.2 Å². The van der Waals surface area contributed by atoms with Gasteiger partial charge in [0.15, 0.2) is 0 Å². The average molecular weight is 439 g/mol. The molecule has 0 bridgehead atoms. The van der Waals surface area contributed by atoms with E-state index >= 15 is 0 Å². The lowest BCUT2D eigenvalue weighted by molar-refractivity contribution is -0.126. The number of hydrogen-bond acceptors (Lipinski definition) is 7. The van der Waals surface area contributed by atoms with E-state index < -0.39 is 12.2 Å². The Bertz CT molecular complexity index is 742. The van der Waals surface area contributed by atoms with Crippen molar-refractivity contribution in [3.05, 3.63) is 11.6 Å². The molecule has 4 rings (SSSR count). The normalized spacial score (nSPS) is 38.8. The van der Waals surface area contributed by atoms with E-state index in [9.17, 15) is 9.59 Å². The van der Waals surface area contributed by atoms with Crippen LogP contribution in [-0.4, -0.2) is 86.6 Å². The summed E-state index contributed by atoms with van der Waals surface area (Å²) in [7, 11) is 3.16. The van der Waals surface area contributed by atoms with Crippen LogP contribution in [0.2, 0.25) is 0 Å². The molecule has 0 aromatic carbocycles. The standard InChI is InChI=1S/C22H34N2O7/c1-13(2)6-7-16-21(3,31-16)18-17(27-5)15(8-9-22(18)12-28-22)30-20(26)24-10-14(11-24)29-19(25)23-4/h6,14-18H,7-12H2,1-5H3,(H,23,25)/t15-,16-,17-,18?,21+,22+/m1/s1. The highest BCUT2D eigenvalue weighted by Gasteiger charge is 2.72. The number of rotatable bonds is 6. The second-order valence-electron chi connectivity index (χ2n) is 9.48. The maximum atomic E-state index is 12.7. The number of carbonyl (C=O) groups excluding carboxylic acids is 2. The predicted octanol–water partition coefficient (Wildman–Crippen LogP) is 2.24. The third-order valence-electron chi connectivity index (χ3n) is 7.07.